The molecule has 3 heteroatoms. The summed E-state index contributed by atoms with van der Waals surface area (Å²) in [6.07, 6.45) is 10.3. The molecule has 1 aromatic carbocycles. The van der Waals surface area contributed by atoms with E-state index in [1.807, 2.05) is 0 Å². The fraction of sp³-hybridized carbons (Fsp3) is 0.636. The lowest BCUT2D eigenvalue weighted by Gasteiger charge is -2.40. The van der Waals surface area contributed by atoms with Crippen molar-refractivity contribution in [3.05, 3.63) is 41.0 Å². The van der Waals surface area contributed by atoms with Crippen LogP contribution >= 0.6 is 0 Å². The maximum absolute atomic E-state index is 5.84. The third-order valence-electron chi connectivity index (χ3n) is 6.03. The van der Waals surface area contributed by atoms with E-state index in [2.05, 4.69) is 35.2 Å². The molecule has 0 N–H and O–H groups in total. The van der Waals surface area contributed by atoms with Crippen molar-refractivity contribution in [2.45, 2.75) is 51.2 Å². The predicted molar refractivity (Wildman–Crippen MR) is 101 cm³/mol. The molecule has 25 heavy (non-hydrogen) atoms. The van der Waals surface area contributed by atoms with Gasteiger partial charge in [0.1, 0.15) is 0 Å². The molecule has 3 nitrogen and oxygen atoms in total. The molecule has 2 heterocycles. The standard InChI is InChI=1S/C22H31NO2/c1-2-22(3-1)23-11-8-19(9-12-23)14-18-4-6-20(7-5-18)15-25-17-21-10-13-24-16-21/h4-7,14,21-22H,1-3,8-13,15-17H2. The maximum Gasteiger partial charge on any atom is 0.0717 e. The number of rotatable bonds is 6. The van der Waals surface area contributed by atoms with Crippen LogP contribution in [0.15, 0.2) is 29.8 Å². The summed E-state index contributed by atoms with van der Waals surface area (Å²) in [5.41, 5.74) is 4.21. The van der Waals surface area contributed by atoms with E-state index in [-0.39, 0.29) is 0 Å². The Hall–Kier alpha value is -1.16. The number of ether oxygens (including phenoxy) is 2. The quantitative estimate of drug-likeness (QED) is 0.771. The molecule has 4 rings (SSSR count). The molecule has 0 amide bonds. The van der Waals surface area contributed by atoms with Crippen LogP contribution in [0.5, 0.6) is 0 Å². The van der Waals surface area contributed by atoms with Crippen LogP contribution in [-0.4, -0.2) is 43.9 Å². The van der Waals surface area contributed by atoms with Gasteiger partial charge in [0, 0.05) is 31.7 Å². The van der Waals surface area contributed by atoms with Crippen LogP contribution in [0.25, 0.3) is 6.08 Å². The van der Waals surface area contributed by atoms with Crippen LogP contribution in [0.1, 0.15) is 49.7 Å². The summed E-state index contributed by atoms with van der Waals surface area (Å²) < 4.78 is 11.2. The number of piperidine rings is 1. The molecule has 1 saturated carbocycles. The van der Waals surface area contributed by atoms with E-state index in [1.165, 1.54) is 56.3 Å². The Bertz CT molecular complexity index is 560. The zero-order valence-corrected chi connectivity index (χ0v) is 15.3. The summed E-state index contributed by atoms with van der Waals surface area (Å²) in [6.45, 7) is 5.81. The largest absolute Gasteiger partial charge is 0.381 e. The average Bonchev–Trinajstić information content (AvgIpc) is 3.10. The van der Waals surface area contributed by atoms with Gasteiger partial charge < -0.3 is 9.47 Å². The van der Waals surface area contributed by atoms with Crippen molar-refractivity contribution >= 4 is 6.08 Å². The lowest BCUT2D eigenvalue weighted by molar-refractivity contribution is 0.0791. The molecule has 3 fully saturated rings. The summed E-state index contributed by atoms with van der Waals surface area (Å²) in [4.78, 5) is 2.71. The van der Waals surface area contributed by atoms with Crippen LogP contribution in [0.3, 0.4) is 0 Å². The van der Waals surface area contributed by atoms with Crippen LogP contribution in [0, 0.1) is 5.92 Å². The Balaban J connectivity index is 1.22. The van der Waals surface area contributed by atoms with Gasteiger partial charge in [-0.2, -0.15) is 0 Å². The van der Waals surface area contributed by atoms with Crippen LogP contribution in [0.4, 0.5) is 0 Å². The van der Waals surface area contributed by atoms with E-state index in [4.69, 9.17) is 9.47 Å². The first kappa shape index (κ1) is 17.3. The molecule has 1 aromatic rings. The maximum atomic E-state index is 5.84. The van der Waals surface area contributed by atoms with Crippen LogP contribution < -0.4 is 0 Å². The normalized spacial score (nSPS) is 25.1. The lowest BCUT2D eigenvalue weighted by Crippen LogP contribution is -2.43. The van der Waals surface area contributed by atoms with E-state index in [0.717, 1.165) is 32.3 Å². The van der Waals surface area contributed by atoms with Gasteiger partial charge in [-0.3, -0.25) is 4.90 Å². The number of hydrogen-bond donors (Lipinski definition) is 0. The molecule has 136 valence electrons. The minimum atomic E-state index is 0.592. The second-order valence-electron chi connectivity index (χ2n) is 7.91. The van der Waals surface area contributed by atoms with Gasteiger partial charge in [-0.05, 0) is 43.2 Å². The molecule has 1 unspecified atom stereocenters. The number of hydrogen-bond acceptors (Lipinski definition) is 3. The molecule has 1 atom stereocenters. The molecular formula is C22H31NO2. The van der Waals surface area contributed by atoms with E-state index in [0.29, 0.717) is 12.5 Å². The van der Waals surface area contributed by atoms with Crippen molar-refractivity contribution in [2.75, 3.05) is 32.9 Å². The number of benzene rings is 1. The van der Waals surface area contributed by atoms with E-state index in [9.17, 15) is 0 Å². The first-order chi connectivity index (χ1) is 12.4. The Morgan fingerprint density at radius 1 is 1.08 bits per heavy atom. The van der Waals surface area contributed by atoms with Crippen molar-refractivity contribution in [2.24, 2.45) is 5.92 Å². The zero-order valence-electron chi connectivity index (χ0n) is 15.3. The summed E-state index contributed by atoms with van der Waals surface area (Å²) in [5, 5.41) is 0. The van der Waals surface area contributed by atoms with Gasteiger partial charge in [0.05, 0.1) is 19.8 Å². The number of likely N-dealkylation sites (tertiary alicyclic amines) is 1. The van der Waals surface area contributed by atoms with Gasteiger partial charge in [0.15, 0.2) is 0 Å². The van der Waals surface area contributed by atoms with Crippen molar-refractivity contribution in [1.82, 2.24) is 4.90 Å². The van der Waals surface area contributed by atoms with Crippen molar-refractivity contribution in [1.29, 1.82) is 0 Å². The fourth-order valence-electron chi connectivity index (χ4n) is 4.08. The summed E-state index contributed by atoms with van der Waals surface area (Å²) in [6, 6.07) is 9.80. The second kappa shape index (κ2) is 8.48. The van der Waals surface area contributed by atoms with Crippen LogP contribution in [0.2, 0.25) is 0 Å². The van der Waals surface area contributed by atoms with Crippen molar-refractivity contribution < 1.29 is 9.47 Å². The van der Waals surface area contributed by atoms with Crippen LogP contribution in [-0.2, 0) is 16.1 Å². The zero-order chi connectivity index (χ0) is 16.9. The minimum absolute atomic E-state index is 0.592. The van der Waals surface area contributed by atoms with E-state index < -0.39 is 0 Å². The molecule has 0 radical (unpaired) electrons. The first-order valence-corrected chi connectivity index (χ1v) is 10.0. The SMILES string of the molecule is C(=C1CCN(C2CCC2)CC1)c1ccc(COCC2CCOC2)cc1. The van der Waals surface area contributed by atoms with E-state index >= 15 is 0 Å². The smallest absolute Gasteiger partial charge is 0.0717 e. The molecule has 0 bridgehead atoms. The molecule has 3 aliphatic rings. The summed E-state index contributed by atoms with van der Waals surface area (Å²) >= 11 is 0. The highest BCUT2D eigenvalue weighted by molar-refractivity contribution is 5.53. The highest BCUT2D eigenvalue weighted by atomic mass is 16.5. The molecule has 1 aliphatic carbocycles. The molecular weight excluding hydrogens is 310 g/mol. The Morgan fingerprint density at radius 2 is 1.88 bits per heavy atom. The summed E-state index contributed by atoms with van der Waals surface area (Å²) in [5.74, 6) is 0.592. The first-order valence-electron chi connectivity index (χ1n) is 10.0. The molecule has 0 spiro atoms. The van der Waals surface area contributed by atoms with Crippen molar-refractivity contribution in [3.63, 3.8) is 0 Å². The second-order valence-corrected chi connectivity index (χ2v) is 7.91. The summed E-state index contributed by atoms with van der Waals surface area (Å²) in [7, 11) is 0. The monoisotopic (exact) mass is 341 g/mol. The highest BCUT2D eigenvalue weighted by Crippen LogP contribution is 2.29. The Kier molecular flexibility index (Phi) is 5.86. The Labute approximate surface area is 152 Å². The topological polar surface area (TPSA) is 21.7 Å². The van der Waals surface area contributed by atoms with Gasteiger partial charge in [-0.25, -0.2) is 0 Å². The highest BCUT2D eigenvalue weighted by Gasteiger charge is 2.26. The molecule has 0 aromatic heterocycles. The number of nitrogens with zero attached hydrogens (tertiary/aromatic N) is 1. The van der Waals surface area contributed by atoms with Gasteiger partial charge >= 0.3 is 0 Å². The van der Waals surface area contributed by atoms with Gasteiger partial charge in [-0.1, -0.05) is 42.3 Å². The van der Waals surface area contributed by atoms with Crippen molar-refractivity contribution in [3.8, 4) is 0 Å². The minimum Gasteiger partial charge on any atom is -0.381 e. The average molecular weight is 341 g/mol. The van der Waals surface area contributed by atoms with Gasteiger partial charge in [-0.15, -0.1) is 0 Å². The predicted octanol–water partition coefficient (Wildman–Crippen LogP) is 4.27. The third kappa shape index (κ3) is 4.72. The van der Waals surface area contributed by atoms with Gasteiger partial charge in [0.2, 0.25) is 0 Å². The molecule has 2 saturated heterocycles. The fourth-order valence-corrected chi connectivity index (χ4v) is 4.08. The molecule has 2 aliphatic heterocycles. The Morgan fingerprint density at radius 3 is 2.52 bits per heavy atom. The van der Waals surface area contributed by atoms with E-state index in [1.54, 1.807) is 5.57 Å². The third-order valence-corrected chi connectivity index (χ3v) is 6.03. The van der Waals surface area contributed by atoms with Gasteiger partial charge in [0.25, 0.3) is 0 Å². The lowest BCUT2D eigenvalue weighted by atomic mass is 9.89.